The minimum absolute atomic E-state index is 0.0511. The summed E-state index contributed by atoms with van der Waals surface area (Å²) >= 11 is 3.34. The molecule has 0 spiro atoms. The van der Waals surface area contributed by atoms with E-state index in [1.165, 1.54) is 0 Å². The average Bonchev–Trinajstić information content (AvgIpc) is 2.19. The van der Waals surface area contributed by atoms with Gasteiger partial charge >= 0.3 is 0 Å². The molecule has 0 radical (unpaired) electrons. The van der Waals surface area contributed by atoms with Gasteiger partial charge < -0.3 is 16.4 Å². The van der Waals surface area contributed by atoms with Crippen LogP contribution in [0.25, 0.3) is 0 Å². The summed E-state index contributed by atoms with van der Waals surface area (Å²) in [6, 6.07) is 5.19. The van der Waals surface area contributed by atoms with Crippen LogP contribution in [0.2, 0.25) is 0 Å². The molecule has 0 aliphatic heterocycles. The van der Waals surface area contributed by atoms with Gasteiger partial charge in [0.15, 0.2) is 0 Å². The third kappa shape index (κ3) is 4.56. The number of carbonyl (C=O) groups excluding carboxylic acids is 1. The Labute approximate surface area is 116 Å². The first-order valence-electron chi connectivity index (χ1n) is 5.82. The molecule has 0 saturated heterocycles. The van der Waals surface area contributed by atoms with E-state index in [4.69, 9.17) is 5.73 Å². The quantitative estimate of drug-likeness (QED) is 0.752. The molecule has 1 amide bonds. The van der Waals surface area contributed by atoms with E-state index < -0.39 is 0 Å². The van der Waals surface area contributed by atoms with Gasteiger partial charge in [0.05, 0.1) is 11.4 Å². The fraction of sp³-hybridized carbons (Fsp3) is 0.462. The lowest BCUT2D eigenvalue weighted by atomic mass is 10.1. The van der Waals surface area contributed by atoms with E-state index in [0.717, 1.165) is 10.2 Å². The molecule has 1 rings (SSSR count). The summed E-state index contributed by atoms with van der Waals surface area (Å²) in [4.78, 5) is 11.9. The van der Waals surface area contributed by atoms with Crippen molar-refractivity contribution < 1.29 is 4.79 Å². The standard InChI is InChI=1S/C13H20BrN3O/c1-8(12(18)17-13(2,3)4)16-11-6-5-9(14)7-10(11)15/h5-8,16H,15H2,1-4H3,(H,17,18). The Balaban J connectivity index is 2.69. The van der Waals surface area contributed by atoms with Crippen LogP contribution < -0.4 is 16.4 Å². The summed E-state index contributed by atoms with van der Waals surface area (Å²) in [5.41, 5.74) is 7.00. The van der Waals surface area contributed by atoms with Gasteiger partial charge in [-0.15, -0.1) is 0 Å². The van der Waals surface area contributed by atoms with Crippen LogP contribution >= 0.6 is 15.9 Å². The summed E-state index contributed by atoms with van der Waals surface area (Å²) in [6.07, 6.45) is 0. The van der Waals surface area contributed by atoms with Crippen LogP contribution in [0.5, 0.6) is 0 Å². The summed E-state index contributed by atoms with van der Waals surface area (Å²) in [7, 11) is 0. The van der Waals surface area contributed by atoms with Crippen LogP contribution in [0.3, 0.4) is 0 Å². The second-order valence-electron chi connectivity index (χ2n) is 5.34. The fourth-order valence-corrected chi connectivity index (χ4v) is 1.82. The number of hydrogen-bond acceptors (Lipinski definition) is 3. The Bertz CT molecular complexity index is 440. The van der Waals surface area contributed by atoms with Gasteiger partial charge in [0, 0.05) is 10.0 Å². The van der Waals surface area contributed by atoms with Gasteiger partial charge in [-0.1, -0.05) is 15.9 Å². The van der Waals surface area contributed by atoms with Gasteiger partial charge in [-0.3, -0.25) is 4.79 Å². The molecule has 1 aromatic carbocycles. The predicted molar refractivity (Wildman–Crippen MR) is 79.5 cm³/mol. The molecular weight excluding hydrogens is 294 g/mol. The fourth-order valence-electron chi connectivity index (χ4n) is 1.44. The van der Waals surface area contributed by atoms with Crippen molar-refractivity contribution in [2.45, 2.75) is 39.3 Å². The van der Waals surface area contributed by atoms with Crippen molar-refractivity contribution in [2.24, 2.45) is 0 Å². The smallest absolute Gasteiger partial charge is 0.242 e. The van der Waals surface area contributed by atoms with Crippen molar-refractivity contribution in [3.8, 4) is 0 Å². The number of benzene rings is 1. The Hall–Kier alpha value is -1.23. The Morgan fingerprint density at radius 1 is 1.39 bits per heavy atom. The lowest BCUT2D eigenvalue weighted by molar-refractivity contribution is -0.122. The van der Waals surface area contributed by atoms with E-state index in [2.05, 4.69) is 26.6 Å². The maximum absolute atomic E-state index is 11.9. The first-order valence-corrected chi connectivity index (χ1v) is 6.62. The zero-order valence-electron chi connectivity index (χ0n) is 11.2. The number of rotatable bonds is 3. The zero-order valence-corrected chi connectivity index (χ0v) is 12.8. The Morgan fingerprint density at radius 3 is 2.50 bits per heavy atom. The molecule has 1 aromatic rings. The molecule has 1 unspecified atom stereocenters. The van der Waals surface area contributed by atoms with Crippen LogP contribution in [0, 0.1) is 0 Å². The summed E-state index contributed by atoms with van der Waals surface area (Å²) in [5.74, 6) is -0.0511. The number of nitrogens with two attached hydrogens (primary N) is 1. The van der Waals surface area contributed by atoms with E-state index >= 15 is 0 Å². The molecule has 0 aliphatic rings. The van der Waals surface area contributed by atoms with E-state index in [9.17, 15) is 4.79 Å². The number of nitrogens with one attached hydrogen (secondary N) is 2. The van der Waals surface area contributed by atoms with Crippen molar-refractivity contribution in [2.75, 3.05) is 11.1 Å². The number of amides is 1. The number of hydrogen-bond donors (Lipinski definition) is 3. The first-order chi connectivity index (χ1) is 8.19. The normalized spacial score (nSPS) is 12.9. The Morgan fingerprint density at radius 2 is 2.00 bits per heavy atom. The number of anilines is 2. The molecule has 4 nitrogen and oxygen atoms in total. The van der Waals surface area contributed by atoms with E-state index in [0.29, 0.717) is 5.69 Å². The van der Waals surface area contributed by atoms with Gasteiger partial charge in [-0.05, 0) is 45.9 Å². The van der Waals surface area contributed by atoms with Gasteiger partial charge in [-0.2, -0.15) is 0 Å². The number of carbonyl (C=O) groups is 1. The van der Waals surface area contributed by atoms with Crippen molar-refractivity contribution in [1.29, 1.82) is 0 Å². The predicted octanol–water partition coefficient (Wildman–Crippen LogP) is 2.75. The highest BCUT2D eigenvalue weighted by molar-refractivity contribution is 9.10. The van der Waals surface area contributed by atoms with Crippen molar-refractivity contribution in [3.05, 3.63) is 22.7 Å². The molecule has 0 fully saturated rings. The highest BCUT2D eigenvalue weighted by Gasteiger charge is 2.19. The van der Waals surface area contributed by atoms with E-state index in [-0.39, 0.29) is 17.5 Å². The second-order valence-corrected chi connectivity index (χ2v) is 6.25. The molecule has 0 heterocycles. The SMILES string of the molecule is CC(Nc1ccc(Br)cc1N)C(=O)NC(C)(C)C. The van der Waals surface area contributed by atoms with Crippen molar-refractivity contribution in [1.82, 2.24) is 5.32 Å². The van der Waals surface area contributed by atoms with Gasteiger partial charge in [0.2, 0.25) is 5.91 Å². The maximum atomic E-state index is 11.9. The largest absolute Gasteiger partial charge is 0.397 e. The summed E-state index contributed by atoms with van der Waals surface area (Å²) < 4.78 is 0.914. The molecule has 1 atom stereocenters. The van der Waals surface area contributed by atoms with Crippen LogP contribution in [0.1, 0.15) is 27.7 Å². The average molecular weight is 314 g/mol. The van der Waals surface area contributed by atoms with Gasteiger partial charge in [-0.25, -0.2) is 0 Å². The molecule has 0 saturated carbocycles. The van der Waals surface area contributed by atoms with Gasteiger partial charge in [0.1, 0.15) is 6.04 Å². The third-order valence-electron chi connectivity index (χ3n) is 2.28. The highest BCUT2D eigenvalue weighted by Crippen LogP contribution is 2.23. The molecule has 4 N–H and O–H groups in total. The molecule has 100 valence electrons. The summed E-state index contributed by atoms with van der Waals surface area (Å²) in [6.45, 7) is 7.66. The second kappa shape index (κ2) is 5.61. The van der Waals surface area contributed by atoms with Crippen LogP contribution in [0.15, 0.2) is 22.7 Å². The van der Waals surface area contributed by atoms with Crippen molar-refractivity contribution >= 4 is 33.2 Å². The maximum Gasteiger partial charge on any atom is 0.242 e. The highest BCUT2D eigenvalue weighted by atomic mass is 79.9. The number of nitrogen functional groups attached to an aromatic ring is 1. The minimum Gasteiger partial charge on any atom is -0.397 e. The topological polar surface area (TPSA) is 67.1 Å². The van der Waals surface area contributed by atoms with Crippen LogP contribution in [-0.4, -0.2) is 17.5 Å². The number of halogens is 1. The first kappa shape index (κ1) is 14.8. The monoisotopic (exact) mass is 313 g/mol. The van der Waals surface area contributed by atoms with Crippen LogP contribution in [0.4, 0.5) is 11.4 Å². The third-order valence-corrected chi connectivity index (χ3v) is 2.77. The van der Waals surface area contributed by atoms with Gasteiger partial charge in [0.25, 0.3) is 0 Å². The molecule has 18 heavy (non-hydrogen) atoms. The lowest BCUT2D eigenvalue weighted by Crippen LogP contribution is -2.47. The molecule has 0 aliphatic carbocycles. The molecule has 0 aromatic heterocycles. The molecule has 5 heteroatoms. The van der Waals surface area contributed by atoms with E-state index in [1.54, 1.807) is 6.07 Å². The minimum atomic E-state index is -0.340. The lowest BCUT2D eigenvalue weighted by Gasteiger charge is -2.24. The van der Waals surface area contributed by atoms with E-state index in [1.807, 2.05) is 39.8 Å². The summed E-state index contributed by atoms with van der Waals surface area (Å²) in [5, 5.41) is 6.02. The van der Waals surface area contributed by atoms with Crippen molar-refractivity contribution in [3.63, 3.8) is 0 Å². The van der Waals surface area contributed by atoms with Crippen LogP contribution in [-0.2, 0) is 4.79 Å². The molecule has 0 bridgehead atoms. The Kier molecular flexibility index (Phi) is 4.62. The molecular formula is C13H20BrN3O. The zero-order chi connectivity index (χ0) is 13.9.